The van der Waals surface area contributed by atoms with Crippen molar-refractivity contribution < 1.29 is 19.4 Å². The standard InChI is InChI=1S/C13H16N2O4/c16-12(15-6-2-1-3-7-15)9-19-10-4-5-11(13(17)18)14-8-10/h4-5,8H,1-3,6-7,9H2,(H,17,18). The second kappa shape index (κ2) is 6.17. The fourth-order valence-electron chi connectivity index (χ4n) is 1.97. The van der Waals surface area contributed by atoms with E-state index in [-0.39, 0.29) is 18.2 Å². The number of carbonyl (C=O) groups is 2. The third-order valence-corrected chi connectivity index (χ3v) is 3.03. The first-order chi connectivity index (χ1) is 9.16. The van der Waals surface area contributed by atoms with E-state index in [1.807, 2.05) is 0 Å². The quantitative estimate of drug-likeness (QED) is 0.883. The number of hydrogen-bond donors (Lipinski definition) is 1. The van der Waals surface area contributed by atoms with Gasteiger partial charge in [-0.25, -0.2) is 9.78 Å². The summed E-state index contributed by atoms with van der Waals surface area (Å²) in [5, 5.41) is 8.70. The van der Waals surface area contributed by atoms with E-state index in [4.69, 9.17) is 9.84 Å². The first-order valence-electron chi connectivity index (χ1n) is 6.27. The van der Waals surface area contributed by atoms with Crippen LogP contribution < -0.4 is 4.74 Å². The molecule has 2 rings (SSSR count). The molecule has 6 nitrogen and oxygen atoms in total. The molecule has 0 unspecified atom stereocenters. The van der Waals surface area contributed by atoms with Crippen LogP contribution in [0.1, 0.15) is 29.8 Å². The van der Waals surface area contributed by atoms with Gasteiger partial charge >= 0.3 is 5.97 Å². The van der Waals surface area contributed by atoms with Crippen molar-refractivity contribution in [2.75, 3.05) is 19.7 Å². The third kappa shape index (κ3) is 3.67. The van der Waals surface area contributed by atoms with Crippen LogP contribution in [0.3, 0.4) is 0 Å². The van der Waals surface area contributed by atoms with Crippen LogP contribution >= 0.6 is 0 Å². The summed E-state index contributed by atoms with van der Waals surface area (Å²) < 4.78 is 5.31. The van der Waals surface area contributed by atoms with Gasteiger partial charge in [0, 0.05) is 13.1 Å². The molecule has 1 aromatic heterocycles. The molecule has 6 heteroatoms. The predicted octanol–water partition coefficient (Wildman–Crippen LogP) is 1.17. The first kappa shape index (κ1) is 13.3. The SMILES string of the molecule is O=C(O)c1ccc(OCC(=O)N2CCCCC2)cn1. The summed E-state index contributed by atoms with van der Waals surface area (Å²) in [4.78, 5) is 28.0. The molecule has 0 saturated carbocycles. The van der Waals surface area contributed by atoms with E-state index in [0.29, 0.717) is 5.75 Å². The Kier molecular flexibility index (Phi) is 4.33. The van der Waals surface area contributed by atoms with E-state index in [0.717, 1.165) is 25.9 Å². The van der Waals surface area contributed by atoms with Crippen LogP contribution in [0.2, 0.25) is 0 Å². The second-order valence-electron chi connectivity index (χ2n) is 4.41. The lowest BCUT2D eigenvalue weighted by Gasteiger charge is -2.26. The molecular weight excluding hydrogens is 248 g/mol. The molecular formula is C13H16N2O4. The molecule has 1 fully saturated rings. The van der Waals surface area contributed by atoms with Crippen molar-refractivity contribution >= 4 is 11.9 Å². The normalized spacial score (nSPS) is 15.1. The highest BCUT2D eigenvalue weighted by Gasteiger charge is 2.16. The van der Waals surface area contributed by atoms with Crippen molar-refractivity contribution in [3.63, 3.8) is 0 Å². The molecule has 0 spiro atoms. The van der Waals surface area contributed by atoms with E-state index >= 15 is 0 Å². The van der Waals surface area contributed by atoms with Gasteiger partial charge in [0.25, 0.3) is 5.91 Å². The van der Waals surface area contributed by atoms with Crippen molar-refractivity contribution in [2.45, 2.75) is 19.3 Å². The highest BCUT2D eigenvalue weighted by Crippen LogP contribution is 2.11. The van der Waals surface area contributed by atoms with Crippen LogP contribution in [-0.2, 0) is 4.79 Å². The molecule has 1 N–H and O–H groups in total. The predicted molar refractivity (Wildman–Crippen MR) is 67.1 cm³/mol. The van der Waals surface area contributed by atoms with Crippen LogP contribution in [0.4, 0.5) is 0 Å². The van der Waals surface area contributed by atoms with Crippen LogP contribution in [0.5, 0.6) is 5.75 Å². The van der Waals surface area contributed by atoms with Gasteiger partial charge in [-0.15, -0.1) is 0 Å². The molecule has 1 amide bonds. The lowest BCUT2D eigenvalue weighted by molar-refractivity contribution is -0.134. The van der Waals surface area contributed by atoms with Gasteiger partial charge in [0.05, 0.1) is 6.20 Å². The molecule has 19 heavy (non-hydrogen) atoms. The molecule has 0 aliphatic carbocycles. The van der Waals surface area contributed by atoms with Crippen LogP contribution in [0.15, 0.2) is 18.3 Å². The van der Waals surface area contributed by atoms with Crippen LogP contribution in [0.25, 0.3) is 0 Å². The maximum atomic E-state index is 11.8. The average molecular weight is 264 g/mol. The highest BCUT2D eigenvalue weighted by atomic mass is 16.5. The Balaban J connectivity index is 1.84. The molecule has 1 aliphatic heterocycles. The van der Waals surface area contributed by atoms with Gasteiger partial charge in [-0.2, -0.15) is 0 Å². The molecule has 1 aromatic rings. The molecule has 102 valence electrons. The zero-order valence-electron chi connectivity index (χ0n) is 10.5. The minimum absolute atomic E-state index is 0.0336. The summed E-state index contributed by atoms with van der Waals surface area (Å²) in [6.45, 7) is 1.55. The van der Waals surface area contributed by atoms with Crippen molar-refractivity contribution in [1.29, 1.82) is 0 Å². The maximum Gasteiger partial charge on any atom is 0.354 e. The van der Waals surface area contributed by atoms with Crippen LogP contribution in [0, 0.1) is 0 Å². The third-order valence-electron chi connectivity index (χ3n) is 3.03. The molecule has 0 bridgehead atoms. The Labute approximate surface area is 111 Å². The van der Waals surface area contributed by atoms with E-state index in [2.05, 4.69) is 4.98 Å². The monoisotopic (exact) mass is 264 g/mol. The first-order valence-corrected chi connectivity index (χ1v) is 6.27. The van der Waals surface area contributed by atoms with E-state index < -0.39 is 5.97 Å². The minimum atomic E-state index is -1.09. The number of ether oxygens (including phenoxy) is 1. The number of likely N-dealkylation sites (tertiary alicyclic amines) is 1. The second-order valence-corrected chi connectivity index (χ2v) is 4.41. The van der Waals surface area contributed by atoms with Gasteiger partial charge in [-0.1, -0.05) is 0 Å². The van der Waals surface area contributed by atoms with Crippen molar-refractivity contribution in [3.05, 3.63) is 24.0 Å². The number of carboxylic acid groups (broad SMARTS) is 1. The molecule has 2 heterocycles. The maximum absolute atomic E-state index is 11.8. The average Bonchev–Trinajstić information content (AvgIpc) is 2.46. The number of nitrogens with zero attached hydrogens (tertiary/aromatic N) is 2. The molecule has 1 aliphatic rings. The molecule has 1 saturated heterocycles. The Morgan fingerprint density at radius 1 is 1.26 bits per heavy atom. The van der Waals surface area contributed by atoms with Gasteiger partial charge in [-0.05, 0) is 31.4 Å². The number of aromatic nitrogens is 1. The Hall–Kier alpha value is -2.11. The lowest BCUT2D eigenvalue weighted by atomic mass is 10.1. The topological polar surface area (TPSA) is 79.7 Å². The number of pyridine rings is 1. The summed E-state index contributed by atoms with van der Waals surface area (Å²) in [5.74, 6) is -0.728. The van der Waals surface area contributed by atoms with Crippen LogP contribution in [-0.4, -0.2) is 46.6 Å². The van der Waals surface area contributed by atoms with E-state index in [9.17, 15) is 9.59 Å². The summed E-state index contributed by atoms with van der Waals surface area (Å²) in [5.41, 5.74) is -0.0466. The molecule has 0 radical (unpaired) electrons. The molecule has 0 atom stereocenters. The summed E-state index contributed by atoms with van der Waals surface area (Å²) in [6.07, 6.45) is 4.57. The Morgan fingerprint density at radius 3 is 2.58 bits per heavy atom. The summed E-state index contributed by atoms with van der Waals surface area (Å²) in [7, 11) is 0. The number of carbonyl (C=O) groups excluding carboxylic acids is 1. The fraction of sp³-hybridized carbons (Fsp3) is 0.462. The molecule has 0 aromatic carbocycles. The van der Waals surface area contributed by atoms with Gasteiger partial charge in [0.1, 0.15) is 11.4 Å². The number of carboxylic acids is 1. The highest BCUT2D eigenvalue weighted by molar-refractivity contribution is 5.85. The van der Waals surface area contributed by atoms with Crippen molar-refractivity contribution in [2.24, 2.45) is 0 Å². The van der Waals surface area contributed by atoms with Gasteiger partial charge in [-0.3, -0.25) is 4.79 Å². The van der Waals surface area contributed by atoms with Gasteiger partial charge in [0.15, 0.2) is 6.61 Å². The largest absolute Gasteiger partial charge is 0.482 e. The number of rotatable bonds is 4. The Bertz CT molecular complexity index is 452. The number of hydrogen-bond acceptors (Lipinski definition) is 4. The lowest BCUT2D eigenvalue weighted by Crippen LogP contribution is -2.38. The summed E-state index contributed by atoms with van der Waals surface area (Å²) >= 11 is 0. The van der Waals surface area contributed by atoms with Crippen molar-refractivity contribution in [1.82, 2.24) is 9.88 Å². The zero-order chi connectivity index (χ0) is 13.7. The zero-order valence-corrected chi connectivity index (χ0v) is 10.5. The smallest absolute Gasteiger partial charge is 0.354 e. The van der Waals surface area contributed by atoms with E-state index in [1.165, 1.54) is 24.8 Å². The number of amides is 1. The summed E-state index contributed by atoms with van der Waals surface area (Å²) in [6, 6.07) is 2.85. The number of aromatic carboxylic acids is 1. The fourth-order valence-corrected chi connectivity index (χ4v) is 1.97. The number of piperidine rings is 1. The van der Waals surface area contributed by atoms with Crippen molar-refractivity contribution in [3.8, 4) is 5.75 Å². The minimum Gasteiger partial charge on any atom is -0.482 e. The van der Waals surface area contributed by atoms with Gasteiger partial charge in [0.2, 0.25) is 0 Å². The van der Waals surface area contributed by atoms with E-state index in [1.54, 1.807) is 4.90 Å². The van der Waals surface area contributed by atoms with Gasteiger partial charge < -0.3 is 14.7 Å². The Morgan fingerprint density at radius 2 is 2.00 bits per heavy atom.